The zero-order valence-electron chi connectivity index (χ0n) is 17.9. The fraction of sp³-hybridized carbons (Fsp3) is 0.520. The van der Waals surface area contributed by atoms with Crippen molar-refractivity contribution in [2.45, 2.75) is 64.2 Å². The number of benzene rings is 2. The number of ether oxygens (including phenoxy) is 2. The first-order valence-corrected chi connectivity index (χ1v) is 11.0. The molecule has 0 radical (unpaired) electrons. The second kappa shape index (κ2) is 10.7. The molecular formula is C25H31F3O2. The van der Waals surface area contributed by atoms with Crippen LogP contribution in [0.3, 0.4) is 0 Å². The zero-order valence-corrected chi connectivity index (χ0v) is 17.9. The highest BCUT2D eigenvalue weighted by Crippen LogP contribution is 2.38. The quantitative estimate of drug-likeness (QED) is 0.399. The van der Waals surface area contributed by atoms with Crippen LogP contribution in [0.4, 0.5) is 13.2 Å². The second-order valence-electron chi connectivity index (χ2n) is 8.22. The third-order valence-corrected chi connectivity index (χ3v) is 6.15. The van der Waals surface area contributed by atoms with E-state index in [4.69, 9.17) is 9.47 Å². The molecule has 1 aliphatic carbocycles. The van der Waals surface area contributed by atoms with Crippen molar-refractivity contribution in [2.24, 2.45) is 5.92 Å². The van der Waals surface area contributed by atoms with Gasteiger partial charge in [0.2, 0.25) is 5.82 Å². The number of hydrogen-bond acceptors (Lipinski definition) is 2. The van der Waals surface area contributed by atoms with E-state index < -0.39 is 11.6 Å². The minimum atomic E-state index is -0.891. The molecule has 2 aromatic carbocycles. The summed E-state index contributed by atoms with van der Waals surface area (Å²) in [5.74, 6) is -0.983. The number of halogens is 3. The van der Waals surface area contributed by atoms with Gasteiger partial charge in [-0.3, -0.25) is 0 Å². The van der Waals surface area contributed by atoms with Gasteiger partial charge < -0.3 is 9.47 Å². The summed E-state index contributed by atoms with van der Waals surface area (Å²) in [6, 6.07) is 8.19. The van der Waals surface area contributed by atoms with Gasteiger partial charge in [0.15, 0.2) is 11.6 Å². The largest absolute Gasteiger partial charge is 0.497 e. The van der Waals surface area contributed by atoms with Gasteiger partial charge in [-0.1, -0.05) is 31.9 Å². The lowest BCUT2D eigenvalue weighted by Crippen LogP contribution is -2.20. The minimum absolute atomic E-state index is 0.0185. The first kappa shape index (κ1) is 22.5. The molecule has 0 heterocycles. The van der Waals surface area contributed by atoms with Crippen LogP contribution in [-0.2, 0) is 6.42 Å². The molecule has 0 amide bonds. The van der Waals surface area contributed by atoms with E-state index >= 15 is 0 Å². The SMILES string of the molecule is CCCCCc1ccc(OCC2CCC(c3ccc(OC)cc3F)CC2)c(F)c1F. The topological polar surface area (TPSA) is 18.5 Å². The predicted molar refractivity (Wildman–Crippen MR) is 113 cm³/mol. The fourth-order valence-electron chi connectivity index (χ4n) is 4.26. The highest BCUT2D eigenvalue weighted by atomic mass is 19.2. The van der Waals surface area contributed by atoms with Crippen molar-refractivity contribution >= 4 is 0 Å². The van der Waals surface area contributed by atoms with Crippen molar-refractivity contribution in [1.29, 1.82) is 0 Å². The number of methoxy groups -OCH3 is 1. The van der Waals surface area contributed by atoms with Gasteiger partial charge in [0.25, 0.3) is 0 Å². The van der Waals surface area contributed by atoms with Crippen molar-refractivity contribution in [3.8, 4) is 11.5 Å². The van der Waals surface area contributed by atoms with Crippen LogP contribution in [0.5, 0.6) is 11.5 Å². The summed E-state index contributed by atoms with van der Waals surface area (Å²) in [6.45, 7) is 2.43. The van der Waals surface area contributed by atoms with Gasteiger partial charge in [-0.2, -0.15) is 4.39 Å². The molecule has 0 atom stereocenters. The average Bonchev–Trinajstić information content (AvgIpc) is 2.76. The smallest absolute Gasteiger partial charge is 0.200 e. The summed E-state index contributed by atoms with van der Waals surface area (Å²) in [7, 11) is 1.52. The Morgan fingerprint density at radius 2 is 1.70 bits per heavy atom. The molecule has 0 saturated heterocycles. The van der Waals surface area contributed by atoms with E-state index in [0.29, 0.717) is 24.3 Å². The Labute approximate surface area is 177 Å². The first-order valence-electron chi connectivity index (χ1n) is 11.0. The van der Waals surface area contributed by atoms with Crippen molar-refractivity contribution < 1.29 is 22.6 Å². The van der Waals surface area contributed by atoms with Gasteiger partial charge in [-0.25, -0.2) is 8.78 Å². The molecule has 0 aromatic heterocycles. The van der Waals surface area contributed by atoms with Crippen LogP contribution in [-0.4, -0.2) is 13.7 Å². The normalized spacial score (nSPS) is 19.0. The van der Waals surface area contributed by atoms with Crippen molar-refractivity contribution in [2.75, 3.05) is 13.7 Å². The molecule has 1 aliphatic rings. The van der Waals surface area contributed by atoms with Crippen LogP contribution in [0.1, 0.15) is 68.9 Å². The van der Waals surface area contributed by atoms with Crippen LogP contribution in [0.2, 0.25) is 0 Å². The second-order valence-corrected chi connectivity index (χ2v) is 8.22. The maximum absolute atomic E-state index is 14.4. The number of unbranched alkanes of at least 4 members (excludes halogenated alkanes) is 2. The Morgan fingerprint density at radius 3 is 2.37 bits per heavy atom. The molecule has 1 fully saturated rings. The van der Waals surface area contributed by atoms with E-state index in [-0.39, 0.29) is 23.4 Å². The number of hydrogen-bond donors (Lipinski definition) is 0. The van der Waals surface area contributed by atoms with Gasteiger partial charge in [0.1, 0.15) is 11.6 Å². The fourth-order valence-corrected chi connectivity index (χ4v) is 4.26. The van der Waals surface area contributed by atoms with Crippen molar-refractivity contribution in [3.63, 3.8) is 0 Å². The Hall–Kier alpha value is -2.17. The third kappa shape index (κ3) is 5.50. The molecule has 3 rings (SSSR count). The molecule has 1 saturated carbocycles. The van der Waals surface area contributed by atoms with Gasteiger partial charge in [-0.15, -0.1) is 0 Å². The van der Waals surface area contributed by atoms with E-state index in [1.807, 2.05) is 0 Å². The molecule has 0 unspecified atom stereocenters. The summed E-state index contributed by atoms with van der Waals surface area (Å²) in [5.41, 5.74) is 1.14. The number of aryl methyl sites for hydroxylation is 1. The highest BCUT2D eigenvalue weighted by Gasteiger charge is 2.25. The molecule has 0 aliphatic heterocycles. The lowest BCUT2D eigenvalue weighted by molar-refractivity contribution is 0.192. The van der Waals surface area contributed by atoms with E-state index in [0.717, 1.165) is 50.5 Å². The van der Waals surface area contributed by atoms with Gasteiger partial charge in [0, 0.05) is 6.07 Å². The van der Waals surface area contributed by atoms with Crippen molar-refractivity contribution in [1.82, 2.24) is 0 Å². The lowest BCUT2D eigenvalue weighted by atomic mass is 9.79. The van der Waals surface area contributed by atoms with Gasteiger partial charge in [-0.05, 0) is 73.6 Å². The van der Waals surface area contributed by atoms with Crippen LogP contribution in [0.25, 0.3) is 0 Å². The summed E-state index contributed by atoms with van der Waals surface area (Å²) in [4.78, 5) is 0. The van der Waals surface area contributed by atoms with Crippen molar-refractivity contribution in [3.05, 3.63) is 58.9 Å². The van der Waals surface area contributed by atoms with Gasteiger partial charge >= 0.3 is 0 Å². The monoisotopic (exact) mass is 420 g/mol. The Morgan fingerprint density at radius 1 is 0.933 bits per heavy atom. The standard InChI is InChI=1S/C25H31F3O2/c1-3-4-5-6-19-11-14-23(25(28)24(19)27)30-16-17-7-9-18(10-8-17)21-13-12-20(29-2)15-22(21)26/h11-15,17-18H,3-10,16H2,1-2H3. The summed E-state index contributed by atoms with van der Waals surface area (Å²) < 4.78 is 53.7. The predicted octanol–water partition coefficient (Wildman–Crippen LogP) is 7.20. The van der Waals surface area contributed by atoms with Crippen LogP contribution in [0.15, 0.2) is 30.3 Å². The third-order valence-electron chi connectivity index (χ3n) is 6.15. The average molecular weight is 421 g/mol. The Bertz CT molecular complexity index is 829. The van der Waals surface area contributed by atoms with Crippen LogP contribution < -0.4 is 9.47 Å². The van der Waals surface area contributed by atoms with Crippen LogP contribution in [0, 0.1) is 23.4 Å². The lowest BCUT2D eigenvalue weighted by Gasteiger charge is -2.29. The molecule has 0 spiro atoms. The molecule has 30 heavy (non-hydrogen) atoms. The maximum atomic E-state index is 14.4. The molecule has 5 heteroatoms. The van der Waals surface area contributed by atoms with E-state index in [2.05, 4.69) is 6.92 Å². The molecule has 0 N–H and O–H groups in total. The Balaban J connectivity index is 1.51. The molecule has 164 valence electrons. The van der Waals surface area contributed by atoms with E-state index in [1.54, 1.807) is 18.2 Å². The van der Waals surface area contributed by atoms with E-state index in [1.165, 1.54) is 19.2 Å². The van der Waals surface area contributed by atoms with E-state index in [9.17, 15) is 13.2 Å². The highest BCUT2D eigenvalue weighted by molar-refractivity contribution is 5.32. The number of rotatable bonds is 9. The maximum Gasteiger partial charge on any atom is 0.200 e. The Kier molecular flexibility index (Phi) is 8.06. The van der Waals surface area contributed by atoms with Gasteiger partial charge in [0.05, 0.1) is 13.7 Å². The molecule has 2 aromatic rings. The summed E-state index contributed by atoms with van der Waals surface area (Å²) in [6.07, 6.45) is 6.88. The summed E-state index contributed by atoms with van der Waals surface area (Å²) >= 11 is 0. The molecular weight excluding hydrogens is 389 g/mol. The minimum Gasteiger partial charge on any atom is -0.497 e. The van der Waals surface area contributed by atoms with Crippen LogP contribution >= 0.6 is 0 Å². The zero-order chi connectivity index (χ0) is 21.5. The molecule has 0 bridgehead atoms. The first-order chi connectivity index (χ1) is 14.5. The summed E-state index contributed by atoms with van der Waals surface area (Å²) in [5, 5.41) is 0. The molecule has 2 nitrogen and oxygen atoms in total.